The second kappa shape index (κ2) is 6.12. The lowest BCUT2D eigenvalue weighted by Gasteiger charge is -2.06. The molecule has 7 nitrogen and oxygen atoms in total. The summed E-state index contributed by atoms with van der Waals surface area (Å²) in [5.41, 5.74) is 0.628. The van der Waals surface area contributed by atoms with E-state index < -0.39 is 10.0 Å². The smallest absolute Gasteiger partial charge is 0.267 e. The summed E-state index contributed by atoms with van der Waals surface area (Å²) in [6, 6.07) is 0. The molecule has 0 saturated carbocycles. The molecule has 0 atom stereocenters. The number of aromatic nitrogens is 2. The van der Waals surface area contributed by atoms with Crippen LogP contribution in [-0.2, 0) is 23.0 Å². The van der Waals surface area contributed by atoms with Crippen LogP contribution in [0.1, 0.15) is 29.0 Å². The molecule has 21 heavy (non-hydrogen) atoms. The van der Waals surface area contributed by atoms with Crippen LogP contribution in [0, 0.1) is 13.8 Å². The fourth-order valence-corrected chi connectivity index (χ4v) is 4.41. The molecule has 0 aliphatic heterocycles. The summed E-state index contributed by atoms with van der Waals surface area (Å²) in [5, 5.41) is 11.7. The lowest BCUT2D eigenvalue weighted by atomic mass is 10.2. The Bertz CT molecular complexity index is 734. The van der Waals surface area contributed by atoms with Crippen molar-refractivity contribution in [3.8, 4) is 0 Å². The molecule has 2 aromatic heterocycles. The van der Waals surface area contributed by atoms with Crippen molar-refractivity contribution in [2.75, 3.05) is 11.8 Å². The fraction of sp³-hybridized carbons (Fsp3) is 0.500. The van der Waals surface area contributed by atoms with E-state index in [1.807, 2.05) is 6.92 Å². The van der Waals surface area contributed by atoms with Crippen molar-refractivity contribution >= 4 is 26.5 Å². The predicted octanol–water partition coefficient (Wildman–Crippen LogP) is 1.83. The van der Waals surface area contributed by atoms with Crippen molar-refractivity contribution in [2.45, 2.75) is 38.6 Å². The molecule has 0 unspecified atom stereocenters. The molecule has 0 aliphatic carbocycles. The van der Waals surface area contributed by atoms with Crippen molar-refractivity contribution < 1.29 is 12.8 Å². The Balaban J connectivity index is 2.39. The quantitative estimate of drug-likeness (QED) is 0.838. The first-order chi connectivity index (χ1) is 9.89. The third kappa shape index (κ3) is 3.25. The zero-order valence-corrected chi connectivity index (χ0v) is 14.0. The first kappa shape index (κ1) is 15.9. The minimum absolute atomic E-state index is 0.169. The monoisotopic (exact) mass is 330 g/mol. The van der Waals surface area contributed by atoms with Gasteiger partial charge in [0.1, 0.15) is 21.4 Å². The number of anilines is 1. The average Bonchev–Trinajstić information content (AvgIpc) is 2.95. The van der Waals surface area contributed by atoms with E-state index >= 15 is 0 Å². The Morgan fingerprint density at radius 3 is 2.52 bits per heavy atom. The molecule has 9 heteroatoms. The van der Waals surface area contributed by atoms with Gasteiger partial charge in [-0.2, -0.15) is 0 Å². The Labute approximate surface area is 127 Å². The van der Waals surface area contributed by atoms with Crippen LogP contribution in [0.15, 0.2) is 9.31 Å². The van der Waals surface area contributed by atoms with Gasteiger partial charge < -0.3 is 9.73 Å². The van der Waals surface area contributed by atoms with E-state index in [4.69, 9.17) is 4.42 Å². The van der Waals surface area contributed by atoms with Crippen molar-refractivity contribution in [1.82, 2.24) is 15.5 Å². The number of nitrogens with zero attached hydrogens (tertiary/aromatic N) is 2. The van der Waals surface area contributed by atoms with Gasteiger partial charge in [-0.05, 0) is 27.3 Å². The summed E-state index contributed by atoms with van der Waals surface area (Å²) in [6.45, 7) is 5.74. The first-order valence-electron chi connectivity index (χ1n) is 6.47. The minimum atomic E-state index is -3.75. The Kier molecular flexibility index (Phi) is 4.64. The van der Waals surface area contributed by atoms with Crippen LogP contribution in [0.25, 0.3) is 0 Å². The Morgan fingerprint density at radius 1 is 1.24 bits per heavy atom. The van der Waals surface area contributed by atoms with Gasteiger partial charge in [0.25, 0.3) is 10.0 Å². The van der Waals surface area contributed by atoms with Gasteiger partial charge in [-0.25, -0.2) is 8.42 Å². The van der Waals surface area contributed by atoms with Gasteiger partial charge in [0, 0.05) is 12.1 Å². The van der Waals surface area contributed by atoms with E-state index in [2.05, 4.69) is 20.2 Å². The second-order valence-corrected chi connectivity index (χ2v) is 7.19. The highest BCUT2D eigenvalue weighted by molar-refractivity contribution is 7.93. The summed E-state index contributed by atoms with van der Waals surface area (Å²) in [7, 11) is -1.99. The maximum absolute atomic E-state index is 12.6. The summed E-state index contributed by atoms with van der Waals surface area (Å²) in [6.07, 6.45) is 0.717. The lowest BCUT2D eigenvalue weighted by Crippen LogP contribution is -2.17. The van der Waals surface area contributed by atoms with Crippen LogP contribution in [0.2, 0.25) is 0 Å². The Morgan fingerprint density at radius 2 is 1.95 bits per heavy atom. The van der Waals surface area contributed by atoms with Gasteiger partial charge >= 0.3 is 0 Å². The molecular formula is C12H18N4O3S2. The normalized spacial score (nSPS) is 11.8. The first-order valence-corrected chi connectivity index (χ1v) is 8.77. The third-order valence-corrected chi connectivity index (χ3v) is 5.58. The van der Waals surface area contributed by atoms with Crippen LogP contribution >= 0.6 is 11.3 Å². The van der Waals surface area contributed by atoms with E-state index in [-0.39, 0.29) is 10.0 Å². The molecule has 0 bridgehead atoms. The van der Waals surface area contributed by atoms with E-state index in [1.54, 1.807) is 20.9 Å². The molecule has 2 rings (SSSR count). The summed E-state index contributed by atoms with van der Waals surface area (Å²) in [5.74, 6) is 0.958. The second-order valence-electron chi connectivity index (χ2n) is 4.51. The molecule has 2 aromatic rings. The van der Waals surface area contributed by atoms with Crippen LogP contribution < -0.4 is 10.0 Å². The van der Waals surface area contributed by atoms with Gasteiger partial charge in [0.15, 0.2) is 0 Å². The number of sulfonamides is 1. The number of furan rings is 1. The highest BCUT2D eigenvalue weighted by Gasteiger charge is 2.27. The molecule has 0 amide bonds. The van der Waals surface area contributed by atoms with Gasteiger partial charge in [-0.3, -0.25) is 4.72 Å². The predicted molar refractivity (Wildman–Crippen MR) is 81.0 cm³/mol. The number of hydrogen-bond acceptors (Lipinski definition) is 7. The van der Waals surface area contributed by atoms with E-state index in [1.165, 1.54) is 11.3 Å². The highest BCUT2D eigenvalue weighted by atomic mass is 32.2. The number of hydrogen-bond donors (Lipinski definition) is 2. The molecule has 0 aliphatic rings. The van der Waals surface area contributed by atoms with E-state index in [9.17, 15) is 8.42 Å². The molecule has 116 valence electrons. The van der Waals surface area contributed by atoms with Gasteiger partial charge in [-0.1, -0.05) is 18.3 Å². The molecule has 0 spiro atoms. The number of rotatable bonds is 6. The van der Waals surface area contributed by atoms with Crippen LogP contribution in [-0.4, -0.2) is 25.7 Å². The SMILES string of the molecule is CCc1nnc(NS(=O)(=O)c2c(C)oc(C)c2CNC)s1. The van der Waals surface area contributed by atoms with Crippen LogP contribution in [0.4, 0.5) is 5.13 Å². The zero-order valence-electron chi connectivity index (χ0n) is 12.3. The summed E-state index contributed by atoms with van der Waals surface area (Å²) < 4.78 is 33.1. The number of aryl methyl sites for hydroxylation is 3. The molecule has 0 fully saturated rings. The third-order valence-electron chi connectivity index (χ3n) is 2.94. The van der Waals surface area contributed by atoms with Crippen LogP contribution in [0.3, 0.4) is 0 Å². The maximum Gasteiger partial charge on any atom is 0.267 e. The van der Waals surface area contributed by atoms with Crippen molar-refractivity contribution in [2.24, 2.45) is 0 Å². The van der Waals surface area contributed by atoms with Crippen molar-refractivity contribution in [3.05, 3.63) is 22.1 Å². The van der Waals surface area contributed by atoms with Gasteiger partial charge in [0.05, 0.1) is 0 Å². The van der Waals surface area contributed by atoms with Crippen molar-refractivity contribution in [1.29, 1.82) is 0 Å². The summed E-state index contributed by atoms with van der Waals surface area (Å²) >= 11 is 1.23. The molecule has 0 aromatic carbocycles. The standard InChI is InChI=1S/C12H18N4O3S2/c1-5-10-14-15-12(20-10)16-21(17,18)11-8(3)19-7(2)9(11)6-13-4/h13H,5-6H2,1-4H3,(H,15,16). The number of nitrogens with one attached hydrogen (secondary N) is 2. The topological polar surface area (TPSA) is 97.1 Å². The molecule has 2 N–H and O–H groups in total. The highest BCUT2D eigenvalue weighted by Crippen LogP contribution is 2.29. The minimum Gasteiger partial charge on any atom is -0.465 e. The van der Waals surface area contributed by atoms with Crippen LogP contribution in [0.5, 0.6) is 0 Å². The largest absolute Gasteiger partial charge is 0.465 e. The molecule has 2 heterocycles. The molecule has 0 radical (unpaired) electrons. The average molecular weight is 330 g/mol. The van der Waals surface area contributed by atoms with Crippen molar-refractivity contribution in [3.63, 3.8) is 0 Å². The fourth-order valence-electron chi connectivity index (χ4n) is 2.05. The Hall–Kier alpha value is -1.45. The summed E-state index contributed by atoms with van der Waals surface area (Å²) in [4.78, 5) is 0.169. The van der Waals surface area contributed by atoms with E-state index in [0.29, 0.717) is 30.0 Å². The van der Waals surface area contributed by atoms with Gasteiger partial charge in [-0.15, -0.1) is 10.2 Å². The van der Waals surface area contributed by atoms with E-state index in [0.717, 1.165) is 5.01 Å². The van der Waals surface area contributed by atoms with Gasteiger partial charge in [0.2, 0.25) is 5.13 Å². The molecule has 0 saturated heterocycles. The maximum atomic E-state index is 12.6. The lowest BCUT2D eigenvalue weighted by molar-refractivity contribution is 0.494. The molecular weight excluding hydrogens is 312 g/mol. The zero-order chi connectivity index (χ0) is 15.6.